The minimum atomic E-state index is -0.555. The standard InChI is InChI=1S/C19H21N3O4/c23-17(13-22-18(24)16-9-5-2-6-10-16)20-11-12-21-19(25)26-14-15-7-3-1-4-8-15/h1-10H,11-14H2,(H,20,23)(H,21,25)(H,22,24). The molecule has 0 heterocycles. The van der Waals surface area contributed by atoms with Gasteiger partial charge in [-0.15, -0.1) is 0 Å². The van der Waals surface area contributed by atoms with Crippen molar-refractivity contribution in [3.05, 3.63) is 71.8 Å². The van der Waals surface area contributed by atoms with Gasteiger partial charge in [-0.1, -0.05) is 48.5 Å². The van der Waals surface area contributed by atoms with Crippen molar-refractivity contribution in [3.63, 3.8) is 0 Å². The molecule has 0 aliphatic rings. The van der Waals surface area contributed by atoms with Gasteiger partial charge in [0.15, 0.2) is 0 Å². The van der Waals surface area contributed by atoms with Crippen molar-refractivity contribution in [1.29, 1.82) is 0 Å². The summed E-state index contributed by atoms with van der Waals surface area (Å²) in [4.78, 5) is 35.0. The molecule has 2 aromatic rings. The van der Waals surface area contributed by atoms with Crippen molar-refractivity contribution in [2.24, 2.45) is 0 Å². The van der Waals surface area contributed by atoms with E-state index in [-0.39, 0.29) is 38.1 Å². The summed E-state index contributed by atoms with van der Waals surface area (Å²) in [6.45, 7) is 0.517. The molecule has 7 heteroatoms. The van der Waals surface area contributed by atoms with Gasteiger partial charge in [-0.3, -0.25) is 9.59 Å². The first-order valence-electron chi connectivity index (χ1n) is 8.19. The average Bonchev–Trinajstić information content (AvgIpc) is 2.69. The molecular formula is C19H21N3O4. The molecule has 0 aliphatic carbocycles. The van der Waals surface area contributed by atoms with Crippen LogP contribution < -0.4 is 16.0 Å². The number of hydrogen-bond donors (Lipinski definition) is 3. The summed E-state index contributed by atoms with van der Waals surface area (Å²) >= 11 is 0. The minimum Gasteiger partial charge on any atom is -0.445 e. The van der Waals surface area contributed by atoms with E-state index in [1.165, 1.54) is 0 Å². The molecule has 0 bridgehead atoms. The van der Waals surface area contributed by atoms with Crippen LogP contribution in [0, 0.1) is 0 Å². The lowest BCUT2D eigenvalue weighted by atomic mass is 10.2. The topological polar surface area (TPSA) is 96.5 Å². The first-order chi connectivity index (χ1) is 12.6. The van der Waals surface area contributed by atoms with Gasteiger partial charge >= 0.3 is 6.09 Å². The highest BCUT2D eigenvalue weighted by Crippen LogP contribution is 2.00. The van der Waals surface area contributed by atoms with Gasteiger partial charge in [-0.25, -0.2) is 4.79 Å². The average molecular weight is 355 g/mol. The summed E-state index contributed by atoms with van der Waals surface area (Å²) in [6.07, 6.45) is -0.555. The van der Waals surface area contributed by atoms with Crippen LogP contribution in [0.1, 0.15) is 15.9 Å². The van der Waals surface area contributed by atoms with Crippen LogP contribution in [0.5, 0.6) is 0 Å². The van der Waals surface area contributed by atoms with E-state index in [1.807, 2.05) is 30.3 Å². The molecule has 2 rings (SSSR count). The van der Waals surface area contributed by atoms with Crippen LogP contribution >= 0.6 is 0 Å². The number of amides is 3. The monoisotopic (exact) mass is 355 g/mol. The molecule has 136 valence electrons. The fourth-order valence-electron chi connectivity index (χ4n) is 2.06. The van der Waals surface area contributed by atoms with Crippen LogP contribution in [0.15, 0.2) is 60.7 Å². The molecule has 0 spiro atoms. The molecule has 26 heavy (non-hydrogen) atoms. The van der Waals surface area contributed by atoms with Crippen LogP contribution in [0.2, 0.25) is 0 Å². The number of rotatable bonds is 8. The lowest BCUT2D eigenvalue weighted by molar-refractivity contribution is -0.120. The van der Waals surface area contributed by atoms with E-state index in [2.05, 4.69) is 16.0 Å². The number of carbonyl (C=O) groups excluding carboxylic acids is 3. The van der Waals surface area contributed by atoms with Gasteiger partial charge in [0.05, 0.1) is 6.54 Å². The van der Waals surface area contributed by atoms with Gasteiger partial charge in [0, 0.05) is 18.7 Å². The second kappa shape index (κ2) is 10.5. The molecule has 0 unspecified atom stereocenters. The zero-order valence-electron chi connectivity index (χ0n) is 14.2. The van der Waals surface area contributed by atoms with Gasteiger partial charge in [0.2, 0.25) is 5.91 Å². The van der Waals surface area contributed by atoms with Crippen molar-refractivity contribution >= 4 is 17.9 Å². The predicted octanol–water partition coefficient (Wildman–Crippen LogP) is 1.46. The van der Waals surface area contributed by atoms with Crippen molar-refractivity contribution in [2.75, 3.05) is 19.6 Å². The molecule has 3 N–H and O–H groups in total. The van der Waals surface area contributed by atoms with Gasteiger partial charge in [-0.2, -0.15) is 0 Å². The Bertz CT molecular complexity index is 720. The highest BCUT2D eigenvalue weighted by atomic mass is 16.5. The normalized spacial score (nSPS) is 9.85. The van der Waals surface area contributed by atoms with E-state index in [9.17, 15) is 14.4 Å². The molecule has 0 saturated heterocycles. The second-order valence-corrected chi connectivity index (χ2v) is 5.39. The molecule has 0 saturated carbocycles. The maximum atomic E-state index is 11.8. The Balaban J connectivity index is 1.54. The van der Waals surface area contributed by atoms with E-state index >= 15 is 0 Å². The number of ether oxygens (including phenoxy) is 1. The van der Waals surface area contributed by atoms with E-state index in [0.717, 1.165) is 5.56 Å². The summed E-state index contributed by atoms with van der Waals surface area (Å²) in [5.41, 5.74) is 1.38. The van der Waals surface area contributed by atoms with Crippen molar-refractivity contribution in [3.8, 4) is 0 Å². The third-order valence-corrected chi connectivity index (χ3v) is 3.37. The number of alkyl carbamates (subject to hydrolysis) is 1. The zero-order chi connectivity index (χ0) is 18.6. The Morgan fingerprint density at radius 3 is 2.08 bits per heavy atom. The van der Waals surface area contributed by atoms with Gasteiger partial charge < -0.3 is 20.7 Å². The maximum absolute atomic E-state index is 11.8. The first kappa shape index (κ1) is 19.0. The zero-order valence-corrected chi connectivity index (χ0v) is 14.2. The Labute approximate surface area is 151 Å². The number of carbonyl (C=O) groups is 3. The highest BCUT2D eigenvalue weighted by molar-refractivity contribution is 5.96. The second-order valence-electron chi connectivity index (χ2n) is 5.39. The van der Waals surface area contributed by atoms with Gasteiger partial charge in [0.1, 0.15) is 6.61 Å². The van der Waals surface area contributed by atoms with E-state index in [4.69, 9.17) is 4.74 Å². The largest absolute Gasteiger partial charge is 0.445 e. The molecule has 2 aromatic carbocycles. The van der Waals surface area contributed by atoms with Crippen molar-refractivity contribution in [1.82, 2.24) is 16.0 Å². The minimum absolute atomic E-state index is 0.133. The third-order valence-electron chi connectivity index (χ3n) is 3.37. The van der Waals surface area contributed by atoms with Crippen LogP contribution in [0.25, 0.3) is 0 Å². The van der Waals surface area contributed by atoms with Crippen molar-refractivity contribution < 1.29 is 19.1 Å². The fraction of sp³-hybridized carbons (Fsp3) is 0.211. The van der Waals surface area contributed by atoms with Crippen LogP contribution in [-0.2, 0) is 16.1 Å². The Hall–Kier alpha value is -3.35. The Morgan fingerprint density at radius 1 is 0.769 bits per heavy atom. The third kappa shape index (κ3) is 7.04. The Morgan fingerprint density at radius 2 is 1.38 bits per heavy atom. The highest BCUT2D eigenvalue weighted by Gasteiger charge is 2.07. The number of hydrogen-bond acceptors (Lipinski definition) is 4. The van der Waals surface area contributed by atoms with Crippen LogP contribution in [0.4, 0.5) is 4.79 Å². The Kier molecular flexibility index (Phi) is 7.67. The van der Waals surface area contributed by atoms with Gasteiger partial charge in [-0.05, 0) is 17.7 Å². The van der Waals surface area contributed by atoms with E-state index in [0.29, 0.717) is 5.56 Å². The van der Waals surface area contributed by atoms with E-state index in [1.54, 1.807) is 30.3 Å². The summed E-state index contributed by atoms with van der Waals surface area (Å²) in [7, 11) is 0. The molecule has 3 amide bonds. The van der Waals surface area contributed by atoms with Crippen LogP contribution in [0.3, 0.4) is 0 Å². The number of benzene rings is 2. The summed E-state index contributed by atoms with van der Waals surface area (Å²) < 4.78 is 5.04. The first-order valence-corrected chi connectivity index (χ1v) is 8.19. The van der Waals surface area contributed by atoms with Gasteiger partial charge in [0.25, 0.3) is 5.91 Å². The van der Waals surface area contributed by atoms with Crippen molar-refractivity contribution in [2.45, 2.75) is 6.61 Å². The molecule has 0 fully saturated rings. The fourth-order valence-corrected chi connectivity index (χ4v) is 2.06. The SMILES string of the molecule is O=C(CNC(=O)c1ccccc1)NCCNC(=O)OCc1ccccc1. The maximum Gasteiger partial charge on any atom is 0.407 e. The van der Waals surface area contributed by atoms with E-state index < -0.39 is 6.09 Å². The molecular weight excluding hydrogens is 334 g/mol. The molecule has 0 aromatic heterocycles. The lowest BCUT2D eigenvalue weighted by Gasteiger charge is -2.09. The summed E-state index contributed by atoms with van der Waals surface area (Å²) in [6, 6.07) is 18.0. The predicted molar refractivity (Wildman–Crippen MR) is 96.4 cm³/mol. The quantitative estimate of drug-likeness (QED) is 0.625. The molecule has 7 nitrogen and oxygen atoms in total. The van der Waals surface area contributed by atoms with Crippen LogP contribution in [-0.4, -0.2) is 37.5 Å². The summed E-state index contributed by atoms with van der Waals surface area (Å²) in [5.74, 6) is -0.655. The number of nitrogens with one attached hydrogen (secondary N) is 3. The smallest absolute Gasteiger partial charge is 0.407 e. The summed E-state index contributed by atoms with van der Waals surface area (Å²) in [5, 5.41) is 7.65. The lowest BCUT2D eigenvalue weighted by Crippen LogP contribution is -2.40. The molecule has 0 atom stereocenters. The molecule has 0 radical (unpaired) electrons. The molecule has 0 aliphatic heterocycles.